The summed E-state index contributed by atoms with van der Waals surface area (Å²) in [4.78, 5) is 29.8. The van der Waals surface area contributed by atoms with Gasteiger partial charge in [-0.3, -0.25) is 4.99 Å². The van der Waals surface area contributed by atoms with E-state index < -0.39 is 23.4 Å². The number of ether oxygens (including phenoxy) is 1. The molecule has 0 spiro atoms. The zero-order valence-corrected chi connectivity index (χ0v) is 19.4. The maximum atomic E-state index is 13.1. The maximum absolute atomic E-state index is 13.1. The summed E-state index contributed by atoms with van der Waals surface area (Å²) in [6, 6.07) is 23.4. The number of aromatic carboxylic acids is 1. The molecular weight excluding hydrogens is 414 g/mol. The first-order chi connectivity index (χ1) is 15.7. The van der Waals surface area contributed by atoms with Crippen LogP contribution in [-0.4, -0.2) is 29.4 Å². The van der Waals surface area contributed by atoms with Crippen LogP contribution < -0.4 is 0 Å². The zero-order chi connectivity index (χ0) is 24.0. The van der Waals surface area contributed by atoms with Gasteiger partial charge in [-0.25, -0.2) is 9.59 Å². The van der Waals surface area contributed by atoms with Crippen LogP contribution >= 0.6 is 0 Å². The average Bonchev–Trinajstić information content (AvgIpc) is 2.80. The van der Waals surface area contributed by atoms with E-state index in [4.69, 9.17) is 9.73 Å². The van der Waals surface area contributed by atoms with Crippen molar-refractivity contribution in [3.63, 3.8) is 0 Å². The Morgan fingerprint density at radius 2 is 1.45 bits per heavy atom. The number of nitrogens with zero attached hydrogens (tertiary/aromatic N) is 1. The highest BCUT2D eigenvalue weighted by Gasteiger charge is 2.28. The van der Waals surface area contributed by atoms with Crippen LogP contribution in [0.4, 0.5) is 0 Å². The Morgan fingerprint density at radius 3 is 1.91 bits per heavy atom. The number of carbonyl (C=O) groups excluding carboxylic acids is 1. The van der Waals surface area contributed by atoms with Crippen molar-refractivity contribution < 1.29 is 19.4 Å². The largest absolute Gasteiger partial charge is 0.478 e. The second-order valence-corrected chi connectivity index (χ2v) is 8.72. The lowest BCUT2D eigenvalue weighted by Crippen LogP contribution is -2.21. The smallest absolute Gasteiger partial charge is 0.335 e. The van der Waals surface area contributed by atoms with Crippen LogP contribution in [0.5, 0.6) is 0 Å². The second-order valence-electron chi connectivity index (χ2n) is 8.72. The van der Waals surface area contributed by atoms with E-state index in [2.05, 4.69) is 0 Å². The van der Waals surface area contributed by atoms with Gasteiger partial charge in [0.2, 0.25) is 0 Å². The van der Waals surface area contributed by atoms with E-state index in [-0.39, 0.29) is 12.2 Å². The van der Waals surface area contributed by atoms with Gasteiger partial charge in [0.05, 0.1) is 17.9 Å². The molecule has 1 N–H and O–H groups in total. The Bertz CT molecular complexity index is 1100. The van der Waals surface area contributed by atoms with Gasteiger partial charge in [-0.05, 0) is 29.5 Å². The fourth-order valence-corrected chi connectivity index (χ4v) is 3.66. The van der Waals surface area contributed by atoms with Gasteiger partial charge in [0.15, 0.2) is 6.04 Å². The highest BCUT2D eigenvalue weighted by atomic mass is 16.5. The van der Waals surface area contributed by atoms with Gasteiger partial charge in [0.1, 0.15) is 0 Å². The van der Waals surface area contributed by atoms with Crippen molar-refractivity contribution in [1.29, 1.82) is 0 Å². The van der Waals surface area contributed by atoms with Crippen LogP contribution in [0, 0.1) is 0 Å². The molecule has 0 heterocycles. The quantitative estimate of drug-likeness (QED) is 0.368. The number of carboxylic acids is 1. The molecule has 0 aliphatic heterocycles. The molecule has 170 valence electrons. The number of carboxylic acid groups (broad SMARTS) is 1. The summed E-state index contributed by atoms with van der Waals surface area (Å²) in [6.07, 6.45) is 0. The van der Waals surface area contributed by atoms with E-state index in [1.807, 2.05) is 81.4 Å². The highest BCUT2D eigenvalue weighted by Crippen LogP contribution is 2.31. The fraction of sp³-hybridized carbons (Fsp3) is 0.250. The molecule has 0 aromatic heterocycles. The van der Waals surface area contributed by atoms with Crippen molar-refractivity contribution in [2.75, 3.05) is 6.61 Å². The number of hydrogen-bond acceptors (Lipinski definition) is 4. The van der Waals surface area contributed by atoms with Gasteiger partial charge in [-0.2, -0.15) is 0 Å². The van der Waals surface area contributed by atoms with E-state index in [1.165, 1.54) is 0 Å². The molecule has 0 radical (unpaired) electrons. The van der Waals surface area contributed by atoms with Crippen molar-refractivity contribution in [3.8, 4) is 0 Å². The topological polar surface area (TPSA) is 76.0 Å². The summed E-state index contributed by atoms with van der Waals surface area (Å²) in [5, 5.41) is 9.68. The Kier molecular flexibility index (Phi) is 7.44. The minimum Gasteiger partial charge on any atom is -0.478 e. The second kappa shape index (κ2) is 10.3. The molecule has 5 heteroatoms. The van der Waals surface area contributed by atoms with Crippen molar-refractivity contribution in [3.05, 3.63) is 107 Å². The molecule has 0 fully saturated rings. The Labute approximate surface area is 194 Å². The lowest BCUT2D eigenvalue weighted by atomic mass is 9.82. The molecule has 3 rings (SSSR count). The van der Waals surface area contributed by atoms with Crippen LogP contribution in [0.3, 0.4) is 0 Å². The summed E-state index contributed by atoms with van der Waals surface area (Å²) in [5.41, 5.74) is 3.41. The summed E-state index contributed by atoms with van der Waals surface area (Å²) < 4.78 is 5.37. The van der Waals surface area contributed by atoms with Crippen molar-refractivity contribution >= 4 is 17.7 Å². The van der Waals surface area contributed by atoms with E-state index in [1.54, 1.807) is 25.1 Å². The normalized spacial score (nSPS) is 12.0. The summed E-state index contributed by atoms with van der Waals surface area (Å²) in [6.45, 7) is 7.81. The Hall–Kier alpha value is -3.73. The predicted molar refractivity (Wildman–Crippen MR) is 130 cm³/mol. The van der Waals surface area contributed by atoms with E-state index in [0.29, 0.717) is 16.8 Å². The maximum Gasteiger partial charge on any atom is 0.335 e. The number of benzene rings is 3. The number of carbonyl (C=O) groups is 2. The van der Waals surface area contributed by atoms with Gasteiger partial charge in [0.25, 0.3) is 0 Å². The number of esters is 1. The molecule has 33 heavy (non-hydrogen) atoms. The van der Waals surface area contributed by atoms with Gasteiger partial charge < -0.3 is 9.84 Å². The average molecular weight is 444 g/mol. The minimum absolute atomic E-state index is 0.212. The monoisotopic (exact) mass is 443 g/mol. The molecule has 1 unspecified atom stereocenters. The van der Waals surface area contributed by atoms with Crippen LogP contribution in [0.2, 0.25) is 0 Å². The third-order valence-corrected chi connectivity index (χ3v) is 5.26. The van der Waals surface area contributed by atoms with Gasteiger partial charge in [0, 0.05) is 11.1 Å². The molecular formula is C28H29NO4. The predicted octanol–water partition coefficient (Wildman–Crippen LogP) is 5.82. The first-order valence-electron chi connectivity index (χ1n) is 11.0. The standard InChI is InChI=1S/C28H29NO4/c1-5-33-27(32)25(21-16-17-22(26(30)31)23(18-21)28(2,3)4)29-24(19-12-8-6-9-13-19)20-14-10-7-11-15-20/h6-18,25H,5H2,1-4H3,(H,30,31). The lowest BCUT2D eigenvalue weighted by Gasteiger charge is -2.24. The number of hydrogen-bond donors (Lipinski definition) is 1. The Morgan fingerprint density at radius 1 is 0.909 bits per heavy atom. The molecule has 0 saturated heterocycles. The molecule has 3 aromatic carbocycles. The molecule has 0 aliphatic rings. The molecule has 0 aliphatic carbocycles. The van der Waals surface area contributed by atoms with Crippen molar-refractivity contribution in [2.24, 2.45) is 4.99 Å². The number of aliphatic imine (C=N–C) groups is 1. The van der Waals surface area contributed by atoms with Crippen LogP contribution in [0.1, 0.15) is 66.3 Å². The number of rotatable bonds is 7. The first kappa shape index (κ1) is 23.9. The summed E-state index contributed by atoms with van der Waals surface area (Å²) in [5.74, 6) is -1.48. The summed E-state index contributed by atoms with van der Waals surface area (Å²) >= 11 is 0. The third-order valence-electron chi connectivity index (χ3n) is 5.26. The minimum atomic E-state index is -1.00. The van der Waals surface area contributed by atoms with Gasteiger partial charge >= 0.3 is 11.9 Å². The van der Waals surface area contributed by atoms with Crippen LogP contribution in [-0.2, 0) is 14.9 Å². The van der Waals surface area contributed by atoms with Gasteiger partial charge in [-0.1, -0.05) is 93.6 Å². The zero-order valence-electron chi connectivity index (χ0n) is 19.4. The molecule has 0 saturated carbocycles. The molecule has 1 atom stereocenters. The SMILES string of the molecule is CCOC(=O)C(N=C(c1ccccc1)c1ccccc1)c1ccc(C(=O)O)c(C(C)(C)C)c1. The fourth-order valence-electron chi connectivity index (χ4n) is 3.66. The lowest BCUT2D eigenvalue weighted by molar-refractivity contribution is -0.144. The Balaban J connectivity index is 2.23. The molecule has 0 bridgehead atoms. The third kappa shape index (κ3) is 5.75. The summed E-state index contributed by atoms with van der Waals surface area (Å²) in [7, 11) is 0. The molecule has 3 aromatic rings. The van der Waals surface area contributed by atoms with Crippen molar-refractivity contribution in [2.45, 2.75) is 39.2 Å². The van der Waals surface area contributed by atoms with Crippen LogP contribution in [0.15, 0.2) is 83.9 Å². The van der Waals surface area contributed by atoms with Crippen molar-refractivity contribution in [1.82, 2.24) is 0 Å². The van der Waals surface area contributed by atoms with Crippen LogP contribution in [0.25, 0.3) is 0 Å². The molecule has 5 nitrogen and oxygen atoms in total. The molecule has 0 amide bonds. The van der Waals surface area contributed by atoms with E-state index in [0.717, 1.165) is 11.1 Å². The highest BCUT2D eigenvalue weighted by molar-refractivity contribution is 6.13. The van der Waals surface area contributed by atoms with Gasteiger partial charge in [-0.15, -0.1) is 0 Å². The van der Waals surface area contributed by atoms with E-state index in [9.17, 15) is 14.7 Å². The first-order valence-corrected chi connectivity index (χ1v) is 11.0. The van der Waals surface area contributed by atoms with E-state index >= 15 is 0 Å².